The van der Waals surface area contributed by atoms with Crippen molar-refractivity contribution in [1.29, 1.82) is 0 Å². The molecule has 0 atom stereocenters. The highest BCUT2D eigenvalue weighted by molar-refractivity contribution is 9.10. The van der Waals surface area contributed by atoms with Crippen LogP contribution in [0.25, 0.3) is 0 Å². The van der Waals surface area contributed by atoms with Crippen molar-refractivity contribution in [2.75, 3.05) is 11.9 Å². The Hall–Kier alpha value is -1.29. The van der Waals surface area contributed by atoms with Crippen LogP contribution in [0.15, 0.2) is 34.9 Å². The molecular weight excluding hydrogens is 290 g/mol. The molecule has 0 fully saturated rings. The molecule has 0 radical (unpaired) electrons. The van der Waals surface area contributed by atoms with Gasteiger partial charge in [0.1, 0.15) is 0 Å². The van der Waals surface area contributed by atoms with Crippen LogP contribution < -0.4 is 5.32 Å². The summed E-state index contributed by atoms with van der Waals surface area (Å²) < 4.78 is 3.27. The highest BCUT2D eigenvalue weighted by Crippen LogP contribution is 2.16. The summed E-state index contributed by atoms with van der Waals surface area (Å²) in [4.78, 5) is 4.51. The van der Waals surface area contributed by atoms with Crippen molar-refractivity contribution in [3.05, 3.63) is 46.2 Å². The highest BCUT2D eigenvalue weighted by atomic mass is 79.9. The van der Waals surface area contributed by atoms with Gasteiger partial charge in [0, 0.05) is 17.2 Å². The molecule has 0 amide bonds. The Kier molecular flexibility index (Phi) is 4.42. The molecule has 0 saturated heterocycles. The first kappa shape index (κ1) is 13.1. The van der Waals surface area contributed by atoms with Crippen LogP contribution in [0, 0.1) is 6.92 Å². The molecule has 0 unspecified atom stereocenters. The summed E-state index contributed by atoms with van der Waals surface area (Å²) in [5.41, 5.74) is 2.31. The molecule has 0 saturated carbocycles. The second-order valence-electron chi connectivity index (χ2n) is 4.39. The molecule has 1 heterocycles. The first-order chi connectivity index (χ1) is 8.69. The maximum Gasteiger partial charge on any atom is 0.203 e. The Morgan fingerprint density at radius 3 is 2.94 bits per heavy atom. The summed E-state index contributed by atoms with van der Waals surface area (Å²) in [5, 5.41) is 3.36. The number of benzene rings is 1. The quantitative estimate of drug-likeness (QED) is 0.910. The van der Waals surface area contributed by atoms with Gasteiger partial charge in [-0.1, -0.05) is 35.0 Å². The average molecular weight is 308 g/mol. The molecule has 0 bridgehead atoms. The minimum atomic E-state index is 0.840. The van der Waals surface area contributed by atoms with Crippen LogP contribution in [0.2, 0.25) is 0 Å². The van der Waals surface area contributed by atoms with Gasteiger partial charge in [-0.2, -0.15) is 0 Å². The van der Waals surface area contributed by atoms with E-state index in [9.17, 15) is 0 Å². The molecule has 0 spiro atoms. The van der Waals surface area contributed by atoms with Gasteiger partial charge in [-0.3, -0.25) is 0 Å². The number of rotatable bonds is 5. The van der Waals surface area contributed by atoms with Gasteiger partial charge in [0.05, 0.1) is 12.2 Å². The average Bonchev–Trinajstić information content (AvgIpc) is 2.67. The highest BCUT2D eigenvalue weighted by Gasteiger charge is 2.05. The fraction of sp³-hybridized carbons (Fsp3) is 0.357. The Morgan fingerprint density at radius 2 is 2.22 bits per heavy atom. The zero-order valence-corrected chi connectivity index (χ0v) is 12.4. The molecule has 18 heavy (non-hydrogen) atoms. The lowest BCUT2D eigenvalue weighted by molar-refractivity contribution is 0.792. The second kappa shape index (κ2) is 6.05. The van der Waals surface area contributed by atoms with E-state index in [1.54, 1.807) is 0 Å². The van der Waals surface area contributed by atoms with Crippen molar-refractivity contribution in [1.82, 2.24) is 9.55 Å². The van der Waals surface area contributed by atoms with Crippen molar-refractivity contribution < 1.29 is 0 Å². The third-order valence-corrected chi connectivity index (χ3v) is 3.17. The standard InChI is InChI=1S/C14H18BrN3/c1-3-7-16-14-17-11(2)9-18(14)10-12-5-4-6-13(15)8-12/h4-6,8-9H,3,7,10H2,1-2H3,(H,16,17). The molecule has 2 aromatic rings. The van der Waals surface area contributed by atoms with Crippen LogP contribution in [-0.4, -0.2) is 16.1 Å². The normalized spacial score (nSPS) is 10.6. The van der Waals surface area contributed by atoms with Crippen LogP contribution in [-0.2, 0) is 6.54 Å². The van der Waals surface area contributed by atoms with E-state index >= 15 is 0 Å². The monoisotopic (exact) mass is 307 g/mol. The Labute approximate surface area is 116 Å². The molecule has 1 aromatic carbocycles. The van der Waals surface area contributed by atoms with Gasteiger partial charge in [-0.25, -0.2) is 4.98 Å². The molecule has 0 aliphatic carbocycles. The van der Waals surface area contributed by atoms with Crippen molar-refractivity contribution in [3.63, 3.8) is 0 Å². The third kappa shape index (κ3) is 3.35. The van der Waals surface area contributed by atoms with Gasteiger partial charge in [0.25, 0.3) is 0 Å². The second-order valence-corrected chi connectivity index (χ2v) is 5.31. The van der Waals surface area contributed by atoms with Gasteiger partial charge >= 0.3 is 0 Å². The molecule has 1 N–H and O–H groups in total. The summed E-state index contributed by atoms with van der Waals surface area (Å²) in [6.07, 6.45) is 3.18. The largest absolute Gasteiger partial charge is 0.356 e. The fourth-order valence-electron chi connectivity index (χ4n) is 1.88. The lowest BCUT2D eigenvalue weighted by Gasteiger charge is -2.09. The lowest BCUT2D eigenvalue weighted by atomic mass is 10.2. The fourth-order valence-corrected chi connectivity index (χ4v) is 2.32. The van der Waals surface area contributed by atoms with Crippen molar-refractivity contribution >= 4 is 21.9 Å². The van der Waals surface area contributed by atoms with Crippen LogP contribution in [0.3, 0.4) is 0 Å². The zero-order chi connectivity index (χ0) is 13.0. The molecular formula is C14H18BrN3. The summed E-state index contributed by atoms with van der Waals surface area (Å²) in [6.45, 7) is 5.97. The first-order valence-electron chi connectivity index (χ1n) is 6.21. The summed E-state index contributed by atoms with van der Waals surface area (Å²) in [6, 6.07) is 8.36. The van der Waals surface area contributed by atoms with Crippen LogP contribution in [0.5, 0.6) is 0 Å². The number of aryl methyl sites for hydroxylation is 1. The van der Waals surface area contributed by atoms with Gasteiger partial charge in [0.2, 0.25) is 5.95 Å². The maximum atomic E-state index is 4.51. The molecule has 3 nitrogen and oxygen atoms in total. The van der Waals surface area contributed by atoms with E-state index in [0.29, 0.717) is 0 Å². The predicted octanol–water partition coefficient (Wildman–Crippen LogP) is 3.82. The molecule has 1 aromatic heterocycles. The zero-order valence-electron chi connectivity index (χ0n) is 10.8. The first-order valence-corrected chi connectivity index (χ1v) is 7.00. The van der Waals surface area contributed by atoms with E-state index in [4.69, 9.17) is 0 Å². The summed E-state index contributed by atoms with van der Waals surface area (Å²) in [5.74, 6) is 0.953. The van der Waals surface area contributed by atoms with E-state index in [2.05, 4.69) is 62.1 Å². The van der Waals surface area contributed by atoms with Crippen molar-refractivity contribution in [2.45, 2.75) is 26.8 Å². The number of aromatic nitrogens is 2. The minimum absolute atomic E-state index is 0.840. The van der Waals surface area contributed by atoms with Crippen LogP contribution in [0.1, 0.15) is 24.6 Å². The molecule has 0 aliphatic rings. The number of hydrogen-bond acceptors (Lipinski definition) is 2. The van der Waals surface area contributed by atoms with E-state index < -0.39 is 0 Å². The van der Waals surface area contributed by atoms with Crippen LogP contribution >= 0.6 is 15.9 Å². The lowest BCUT2D eigenvalue weighted by Crippen LogP contribution is -2.08. The number of nitrogens with one attached hydrogen (secondary N) is 1. The number of imidazole rings is 1. The van der Waals surface area contributed by atoms with Gasteiger partial charge in [-0.05, 0) is 31.0 Å². The third-order valence-electron chi connectivity index (χ3n) is 2.67. The van der Waals surface area contributed by atoms with E-state index in [1.807, 2.05) is 13.0 Å². The summed E-state index contributed by atoms with van der Waals surface area (Å²) >= 11 is 3.50. The van der Waals surface area contributed by atoms with E-state index in [0.717, 1.165) is 35.6 Å². The number of anilines is 1. The summed E-state index contributed by atoms with van der Waals surface area (Å²) in [7, 11) is 0. The van der Waals surface area contributed by atoms with Crippen LogP contribution in [0.4, 0.5) is 5.95 Å². The predicted molar refractivity (Wildman–Crippen MR) is 79.0 cm³/mol. The Balaban J connectivity index is 2.17. The number of halogens is 1. The molecule has 2 rings (SSSR count). The Bertz CT molecular complexity index is 520. The Morgan fingerprint density at radius 1 is 1.39 bits per heavy atom. The van der Waals surface area contributed by atoms with Crippen molar-refractivity contribution in [3.8, 4) is 0 Å². The van der Waals surface area contributed by atoms with E-state index in [1.165, 1.54) is 5.56 Å². The number of nitrogens with zero attached hydrogens (tertiary/aromatic N) is 2. The number of hydrogen-bond donors (Lipinski definition) is 1. The molecule has 96 valence electrons. The molecule has 4 heteroatoms. The van der Waals surface area contributed by atoms with Gasteiger partial charge in [0.15, 0.2) is 0 Å². The topological polar surface area (TPSA) is 29.9 Å². The van der Waals surface area contributed by atoms with E-state index in [-0.39, 0.29) is 0 Å². The minimum Gasteiger partial charge on any atom is -0.356 e. The van der Waals surface area contributed by atoms with Gasteiger partial charge in [-0.15, -0.1) is 0 Å². The SMILES string of the molecule is CCCNc1nc(C)cn1Cc1cccc(Br)c1. The van der Waals surface area contributed by atoms with Gasteiger partial charge < -0.3 is 9.88 Å². The van der Waals surface area contributed by atoms with Crippen molar-refractivity contribution in [2.24, 2.45) is 0 Å². The maximum absolute atomic E-state index is 4.51. The smallest absolute Gasteiger partial charge is 0.203 e. The molecule has 0 aliphatic heterocycles.